The van der Waals surface area contributed by atoms with Gasteiger partial charge < -0.3 is 19.9 Å². The van der Waals surface area contributed by atoms with E-state index in [0.29, 0.717) is 25.3 Å². The highest BCUT2D eigenvalue weighted by atomic mass is 16.5. The summed E-state index contributed by atoms with van der Waals surface area (Å²) in [4.78, 5) is 30.0. The maximum absolute atomic E-state index is 12.4. The molecule has 1 aromatic heterocycles. The van der Waals surface area contributed by atoms with E-state index in [-0.39, 0.29) is 23.5 Å². The van der Waals surface area contributed by atoms with E-state index >= 15 is 0 Å². The Hall–Kier alpha value is -2.34. The number of aromatic amines is 1. The predicted octanol–water partition coefficient (Wildman–Crippen LogP) is 3.80. The lowest BCUT2D eigenvalue weighted by atomic mass is 9.88. The van der Waals surface area contributed by atoms with Gasteiger partial charge in [-0.3, -0.25) is 9.59 Å². The predicted molar refractivity (Wildman–Crippen MR) is 122 cm³/mol. The fraction of sp³-hybridized carbons (Fsp3) is 0.600. The molecule has 0 saturated carbocycles. The minimum absolute atomic E-state index is 0.0731. The molecule has 2 aliphatic rings. The van der Waals surface area contributed by atoms with Gasteiger partial charge in [-0.1, -0.05) is 32.0 Å². The summed E-state index contributed by atoms with van der Waals surface area (Å²) < 4.78 is 6.40. The quantitative estimate of drug-likeness (QED) is 0.709. The molecular formula is C25H35N3O3. The first-order chi connectivity index (χ1) is 14.9. The number of piperidine rings is 1. The first kappa shape index (κ1) is 21.9. The monoisotopic (exact) mass is 425 g/mol. The molecule has 0 radical (unpaired) electrons. The van der Waals surface area contributed by atoms with E-state index in [2.05, 4.69) is 36.3 Å². The average molecular weight is 426 g/mol. The number of aromatic nitrogens is 1. The Morgan fingerprint density at radius 3 is 2.77 bits per heavy atom. The summed E-state index contributed by atoms with van der Waals surface area (Å²) in [5.41, 5.74) is 2.19. The molecule has 31 heavy (non-hydrogen) atoms. The lowest BCUT2D eigenvalue weighted by Crippen LogP contribution is -2.47. The Bertz CT molecular complexity index is 912. The Morgan fingerprint density at radius 2 is 2.00 bits per heavy atom. The van der Waals surface area contributed by atoms with Crippen molar-refractivity contribution in [3.63, 3.8) is 0 Å². The number of carbonyl (C=O) groups excluding carboxylic acids is 2. The number of ether oxygens (including phenoxy) is 1. The van der Waals surface area contributed by atoms with Crippen molar-refractivity contribution in [3.8, 4) is 0 Å². The zero-order chi connectivity index (χ0) is 21.8. The summed E-state index contributed by atoms with van der Waals surface area (Å²) in [7, 11) is 0. The van der Waals surface area contributed by atoms with Crippen LogP contribution in [-0.4, -0.2) is 53.0 Å². The molecule has 2 aliphatic heterocycles. The van der Waals surface area contributed by atoms with Gasteiger partial charge in [0, 0.05) is 49.6 Å². The zero-order valence-electron chi connectivity index (χ0n) is 18.8. The Balaban J connectivity index is 1.18. The molecule has 2 amide bonds. The van der Waals surface area contributed by atoms with E-state index in [9.17, 15) is 9.59 Å². The SMILES string of the molecule is CC(C)CC(=O)N1CCC2(CCC(CNC(=O)CCc3c[nH]c4ccccc34)O2)CC1. The molecule has 2 saturated heterocycles. The molecule has 4 rings (SSSR count). The molecule has 6 nitrogen and oxygen atoms in total. The second-order valence-electron chi connectivity index (χ2n) is 9.60. The number of nitrogens with one attached hydrogen (secondary N) is 2. The van der Waals surface area contributed by atoms with Crippen molar-refractivity contribution in [1.82, 2.24) is 15.2 Å². The fourth-order valence-electron chi connectivity index (χ4n) is 4.95. The van der Waals surface area contributed by atoms with E-state index in [1.165, 1.54) is 10.9 Å². The summed E-state index contributed by atoms with van der Waals surface area (Å²) in [5, 5.41) is 4.26. The second kappa shape index (κ2) is 9.43. The third-order valence-electron chi connectivity index (χ3n) is 6.77. The van der Waals surface area contributed by atoms with Crippen LogP contribution in [0.4, 0.5) is 0 Å². The molecule has 2 fully saturated rings. The molecule has 0 aliphatic carbocycles. The van der Waals surface area contributed by atoms with Crippen LogP contribution in [0.15, 0.2) is 30.5 Å². The number of nitrogens with zero attached hydrogens (tertiary/aromatic N) is 1. The van der Waals surface area contributed by atoms with Crippen LogP contribution in [0, 0.1) is 5.92 Å². The van der Waals surface area contributed by atoms with Crippen LogP contribution in [0.1, 0.15) is 57.9 Å². The molecule has 2 aromatic rings. The highest BCUT2D eigenvalue weighted by Crippen LogP contribution is 2.39. The first-order valence-electron chi connectivity index (χ1n) is 11.7. The number of para-hydroxylation sites is 1. The van der Waals surface area contributed by atoms with Gasteiger partial charge in [-0.05, 0) is 49.7 Å². The molecule has 1 aromatic carbocycles. The van der Waals surface area contributed by atoms with Gasteiger partial charge in [-0.25, -0.2) is 0 Å². The maximum atomic E-state index is 12.4. The van der Waals surface area contributed by atoms with Gasteiger partial charge in [0.1, 0.15) is 0 Å². The van der Waals surface area contributed by atoms with Crippen molar-refractivity contribution < 1.29 is 14.3 Å². The number of fused-ring (bicyclic) bond motifs is 1. The van der Waals surface area contributed by atoms with Gasteiger partial charge in [-0.15, -0.1) is 0 Å². The van der Waals surface area contributed by atoms with Gasteiger partial charge >= 0.3 is 0 Å². The number of aryl methyl sites for hydroxylation is 1. The average Bonchev–Trinajstić information content (AvgIpc) is 3.35. The topological polar surface area (TPSA) is 74.4 Å². The molecule has 1 atom stereocenters. The third kappa shape index (κ3) is 5.29. The largest absolute Gasteiger partial charge is 0.370 e. The number of H-pyrrole nitrogens is 1. The maximum Gasteiger partial charge on any atom is 0.222 e. The van der Waals surface area contributed by atoms with Crippen molar-refractivity contribution in [2.75, 3.05) is 19.6 Å². The molecule has 2 N–H and O–H groups in total. The molecule has 1 spiro atoms. The smallest absolute Gasteiger partial charge is 0.222 e. The van der Waals surface area contributed by atoms with Crippen LogP contribution in [0.5, 0.6) is 0 Å². The highest BCUT2D eigenvalue weighted by Gasteiger charge is 2.43. The van der Waals surface area contributed by atoms with Crippen LogP contribution in [-0.2, 0) is 20.7 Å². The number of hydrogen-bond donors (Lipinski definition) is 2. The number of rotatable bonds is 7. The normalized spacial score (nSPS) is 20.6. The van der Waals surface area contributed by atoms with Crippen molar-refractivity contribution in [2.24, 2.45) is 5.92 Å². The standard InChI is InChI=1S/C25H35N3O3/c1-18(2)15-24(30)28-13-11-25(12-14-28)10-9-20(31-25)17-27-23(29)8-7-19-16-26-22-6-4-3-5-21(19)22/h3-6,16,18,20,26H,7-15,17H2,1-2H3,(H,27,29). The van der Waals surface area contributed by atoms with Crippen LogP contribution < -0.4 is 5.32 Å². The lowest BCUT2D eigenvalue weighted by molar-refractivity contribution is -0.138. The van der Waals surface area contributed by atoms with Crippen molar-refractivity contribution >= 4 is 22.7 Å². The molecule has 0 bridgehead atoms. The summed E-state index contributed by atoms with van der Waals surface area (Å²) in [6.07, 6.45) is 7.72. The van der Waals surface area contributed by atoms with Gasteiger partial charge in [0.15, 0.2) is 0 Å². The number of amides is 2. The lowest BCUT2D eigenvalue weighted by Gasteiger charge is -2.39. The summed E-state index contributed by atoms with van der Waals surface area (Å²) in [6.45, 7) is 6.32. The van der Waals surface area contributed by atoms with Crippen molar-refractivity contribution in [2.45, 2.75) is 70.5 Å². The Labute approximate surface area is 184 Å². The van der Waals surface area contributed by atoms with Crippen LogP contribution >= 0.6 is 0 Å². The minimum Gasteiger partial charge on any atom is -0.370 e. The Morgan fingerprint density at radius 1 is 1.23 bits per heavy atom. The van der Waals surface area contributed by atoms with Crippen molar-refractivity contribution in [3.05, 3.63) is 36.0 Å². The number of carbonyl (C=O) groups is 2. The third-order valence-corrected chi connectivity index (χ3v) is 6.77. The first-order valence-corrected chi connectivity index (χ1v) is 11.7. The molecule has 1 unspecified atom stereocenters. The Kier molecular flexibility index (Phi) is 6.65. The van der Waals surface area contributed by atoms with E-state index in [4.69, 9.17) is 4.74 Å². The van der Waals surface area contributed by atoms with E-state index in [1.54, 1.807) is 0 Å². The summed E-state index contributed by atoms with van der Waals surface area (Å²) in [6, 6.07) is 8.18. The van der Waals surface area contributed by atoms with Crippen LogP contribution in [0.25, 0.3) is 10.9 Å². The van der Waals surface area contributed by atoms with E-state index in [0.717, 1.165) is 50.7 Å². The highest BCUT2D eigenvalue weighted by molar-refractivity contribution is 5.84. The molecular weight excluding hydrogens is 390 g/mol. The summed E-state index contributed by atoms with van der Waals surface area (Å²) in [5.74, 6) is 0.737. The molecule has 6 heteroatoms. The van der Waals surface area contributed by atoms with Gasteiger partial charge in [0.05, 0.1) is 11.7 Å². The zero-order valence-corrected chi connectivity index (χ0v) is 18.8. The van der Waals surface area contributed by atoms with Crippen LogP contribution in [0.2, 0.25) is 0 Å². The number of likely N-dealkylation sites (tertiary alicyclic amines) is 1. The van der Waals surface area contributed by atoms with Gasteiger partial charge in [0.25, 0.3) is 0 Å². The van der Waals surface area contributed by atoms with Crippen LogP contribution in [0.3, 0.4) is 0 Å². The number of hydrogen-bond acceptors (Lipinski definition) is 3. The van der Waals surface area contributed by atoms with Crippen molar-refractivity contribution in [1.29, 1.82) is 0 Å². The van der Waals surface area contributed by atoms with E-state index in [1.807, 2.05) is 23.2 Å². The van der Waals surface area contributed by atoms with Gasteiger partial charge in [-0.2, -0.15) is 0 Å². The summed E-state index contributed by atoms with van der Waals surface area (Å²) >= 11 is 0. The fourth-order valence-corrected chi connectivity index (χ4v) is 4.95. The molecule has 168 valence electrons. The second-order valence-corrected chi connectivity index (χ2v) is 9.60. The number of benzene rings is 1. The minimum atomic E-state index is -0.103. The molecule has 3 heterocycles. The van der Waals surface area contributed by atoms with Gasteiger partial charge in [0.2, 0.25) is 11.8 Å². The van der Waals surface area contributed by atoms with E-state index < -0.39 is 0 Å².